The zero-order chi connectivity index (χ0) is 15.2. The van der Waals surface area contributed by atoms with Crippen LogP contribution in [0, 0.1) is 5.92 Å². The van der Waals surface area contributed by atoms with Crippen LogP contribution >= 0.6 is 11.6 Å². The number of hydrogen-bond donors (Lipinski definition) is 1. The molecule has 1 fully saturated rings. The van der Waals surface area contributed by atoms with E-state index >= 15 is 0 Å². The average Bonchev–Trinajstić information content (AvgIpc) is 3.03. The Morgan fingerprint density at radius 2 is 1.95 bits per heavy atom. The van der Waals surface area contributed by atoms with Crippen molar-refractivity contribution in [1.82, 2.24) is 15.2 Å². The number of aromatic nitrogens is 1. The minimum Gasteiger partial charge on any atom is -0.316 e. The Morgan fingerprint density at radius 1 is 1.14 bits per heavy atom. The molecule has 1 saturated heterocycles. The number of halogens is 1. The Labute approximate surface area is 137 Å². The van der Waals surface area contributed by atoms with Crippen molar-refractivity contribution in [3.63, 3.8) is 0 Å². The van der Waals surface area contributed by atoms with E-state index in [0.29, 0.717) is 0 Å². The van der Waals surface area contributed by atoms with Crippen LogP contribution in [-0.4, -0.2) is 29.5 Å². The highest BCUT2D eigenvalue weighted by Crippen LogP contribution is 2.17. The lowest BCUT2D eigenvalue weighted by Crippen LogP contribution is -2.30. The van der Waals surface area contributed by atoms with E-state index in [2.05, 4.69) is 33.4 Å². The third-order valence-electron chi connectivity index (χ3n) is 4.13. The minimum atomic E-state index is 0.740. The van der Waals surface area contributed by atoms with Crippen molar-refractivity contribution in [3.8, 4) is 0 Å². The van der Waals surface area contributed by atoms with Crippen LogP contribution in [0.25, 0.3) is 0 Å². The molecule has 0 saturated carbocycles. The standard InChI is InChI=1S/C18H22ClN3/c19-18-5-3-15(4-6-18)12-22(14-17-7-9-21-11-17)13-16-2-1-8-20-10-16/h1-6,8,10,17,21H,7,9,11-14H2/t17-/m0/s1. The van der Waals surface area contributed by atoms with E-state index in [1.165, 1.54) is 17.5 Å². The summed E-state index contributed by atoms with van der Waals surface area (Å²) in [5, 5.41) is 4.25. The Kier molecular flexibility index (Phi) is 5.43. The van der Waals surface area contributed by atoms with Gasteiger partial charge in [0.1, 0.15) is 0 Å². The Balaban J connectivity index is 1.68. The van der Waals surface area contributed by atoms with E-state index in [9.17, 15) is 0 Å². The van der Waals surface area contributed by atoms with Crippen molar-refractivity contribution in [3.05, 3.63) is 64.9 Å². The summed E-state index contributed by atoms with van der Waals surface area (Å²) in [6.45, 7) is 5.27. The van der Waals surface area contributed by atoms with Crippen LogP contribution in [-0.2, 0) is 13.1 Å². The summed E-state index contributed by atoms with van der Waals surface area (Å²) in [5.41, 5.74) is 2.57. The van der Waals surface area contributed by atoms with Gasteiger partial charge in [-0.3, -0.25) is 9.88 Å². The van der Waals surface area contributed by atoms with E-state index in [1.54, 1.807) is 0 Å². The third kappa shape index (κ3) is 4.54. The summed E-state index contributed by atoms with van der Waals surface area (Å²) in [7, 11) is 0. The van der Waals surface area contributed by atoms with Gasteiger partial charge < -0.3 is 5.32 Å². The number of nitrogens with one attached hydrogen (secondary N) is 1. The number of hydrogen-bond acceptors (Lipinski definition) is 3. The molecule has 3 nitrogen and oxygen atoms in total. The van der Waals surface area contributed by atoms with Crippen molar-refractivity contribution in [1.29, 1.82) is 0 Å². The molecule has 1 aromatic heterocycles. The van der Waals surface area contributed by atoms with E-state index < -0.39 is 0 Å². The molecule has 1 aromatic carbocycles. The van der Waals surface area contributed by atoms with Gasteiger partial charge in [0.15, 0.2) is 0 Å². The number of benzene rings is 1. The maximum absolute atomic E-state index is 5.99. The van der Waals surface area contributed by atoms with E-state index in [0.717, 1.165) is 43.7 Å². The molecule has 3 rings (SSSR count). The van der Waals surface area contributed by atoms with Gasteiger partial charge in [-0.15, -0.1) is 0 Å². The molecule has 0 unspecified atom stereocenters. The molecule has 2 aromatic rings. The molecule has 1 aliphatic heterocycles. The van der Waals surface area contributed by atoms with Crippen molar-refractivity contribution in [2.45, 2.75) is 19.5 Å². The molecule has 0 spiro atoms. The van der Waals surface area contributed by atoms with Gasteiger partial charge in [0, 0.05) is 37.1 Å². The van der Waals surface area contributed by atoms with Crippen LogP contribution in [0.15, 0.2) is 48.8 Å². The van der Waals surface area contributed by atoms with E-state index in [4.69, 9.17) is 11.6 Å². The van der Waals surface area contributed by atoms with Gasteiger partial charge in [-0.05, 0) is 54.8 Å². The molecule has 2 heterocycles. The molecule has 0 amide bonds. The molecular formula is C18H22ClN3. The summed E-state index contributed by atoms with van der Waals surface area (Å²) < 4.78 is 0. The molecule has 0 bridgehead atoms. The lowest BCUT2D eigenvalue weighted by atomic mass is 10.1. The molecule has 0 radical (unpaired) electrons. The second-order valence-corrected chi connectivity index (χ2v) is 6.45. The maximum atomic E-state index is 5.99. The predicted octanol–water partition coefficient (Wildman–Crippen LogP) is 3.35. The fourth-order valence-electron chi connectivity index (χ4n) is 3.02. The van der Waals surface area contributed by atoms with Gasteiger partial charge in [0.2, 0.25) is 0 Å². The number of rotatable bonds is 6. The summed E-state index contributed by atoms with van der Waals surface area (Å²) in [5.74, 6) is 0.740. The second-order valence-electron chi connectivity index (χ2n) is 6.02. The van der Waals surface area contributed by atoms with Crippen LogP contribution in [0.4, 0.5) is 0 Å². The van der Waals surface area contributed by atoms with Gasteiger partial charge in [-0.2, -0.15) is 0 Å². The number of pyridine rings is 1. The maximum Gasteiger partial charge on any atom is 0.0406 e. The van der Waals surface area contributed by atoms with Crippen LogP contribution in [0.3, 0.4) is 0 Å². The van der Waals surface area contributed by atoms with Crippen LogP contribution in [0.2, 0.25) is 5.02 Å². The summed E-state index contributed by atoms with van der Waals surface area (Å²) in [6.07, 6.45) is 5.06. The highest BCUT2D eigenvalue weighted by molar-refractivity contribution is 6.30. The Morgan fingerprint density at radius 3 is 2.64 bits per heavy atom. The molecule has 1 N–H and O–H groups in total. The minimum absolute atomic E-state index is 0.740. The molecule has 4 heteroatoms. The van der Waals surface area contributed by atoms with Crippen LogP contribution in [0.1, 0.15) is 17.5 Å². The molecule has 0 aliphatic carbocycles. The molecule has 22 heavy (non-hydrogen) atoms. The van der Waals surface area contributed by atoms with Crippen molar-refractivity contribution >= 4 is 11.6 Å². The summed E-state index contributed by atoms with van der Waals surface area (Å²) in [6, 6.07) is 12.3. The Bertz CT molecular complexity index is 565. The second kappa shape index (κ2) is 7.73. The summed E-state index contributed by atoms with van der Waals surface area (Å²) in [4.78, 5) is 6.74. The van der Waals surface area contributed by atoms with Crippen LogP contribution < -0.4 is 5.32 Å². The fourth-order valence-corrected chi connectivity index (χ4v) is 3.14. The van der Waals surface area contributed by atoms with E-state index in [1.807, 2.05) is 30.6 Å². The zero-order valence-corrected chi connectivity index (χ0v) is 13.5. The van der Waals surface area contributed by atoms with Crippen molar-refractivity contribution in [2.75, 3.05) is 19.6 Å². The smallest absolute Gasteiger partial charge is 0.0406 e. The van der Waals surface area contributed by atoms with Gasteiger partial charge in [0.05, 0.1) is 0 Å². The first-order chi connectivity index (χ1) is 10.8. The topological polar surface area (TPSA) is 28.2 Å². The van der Waals surface area contributed by atoms with Gasteiger partial charge in [0.25, 0.3) is 0 Å². The van der Waals surface area contributed by atoms with E-state index in [-0.39, 0.29) is 0 Å². The van der Waals surface area contributed by atoms with Gasteiger partial charge >= 0.3 is 0 Å². The highest BCUT2D eigenvalue weighted by atomic mass is 35.5. The largest absolute Gasteiger partial charge is 0.316 e. The van der Waals surface area contributed by atoms with Gasteiger partial charge in [-0.25, -0.2) is 0 Å². The number of nitrogens with zero attached hydrogens (tertiary/aromatic N) is 2. The quantitative estimate of drug-likeness (QED) is 0.886. The first kappa shape index (κ1) is 15.5. The zero-order valence-electron chi connectivity index (χ0n) is 12.7. The van der Waals surface area contributed by atoms with Crippen molar-refractivity contribution < 1.29 is 0 Å². The average molecular weight is 316 g/mol. The molecular weight excluding hydrogens is 294 g/mol. The Hall–Kier alpha value is -1.42. The SMILES string of the molecule is Clc1ccc(CN(Cc2cccnc2)C[C@H]2CCNC2)cc1. The normalized spacial score (nSPS) is 18.0. The fraction of sp³-hybridized carbons (Fsp3) is 0.389. The molecule has 1 atom stereocenters. The lowest BCUT2D eigenvalue weighted by Gasteiger charge is -2.25. The first-order valence-electron chi connectivity index (χ1n) is 7.86. The van der Waals surface area contributed by atoms with Gasteiger partial charge in [-0.1, -0.05) is 29.8 Å². The van der Waals surface area contributed by atoms with Crippen LogP contribution in [0.5, 0.6) is 0 Å². The highest BCUT2D eigenvalue weighted by Gasteiger charge is 2.18. The lowest BCUT2D eigenvalue weighted by molar-refractivity contribution is 0.220. The summed E-state index contributed by atoms with van der Waals surface area (Å²) >= 11 is 5.99. The first-order valence-corrected chi connectivity index (χ1v) is 8.24. The third-order valence-corrected chi connectivity index (χ3v) is 4.38. The molecule has 116 valence electrons. The monoisotopic (exact) mass is 315 g/mol. The predicted molar refractivity (Wildman–Crippen MR) is 90.8 cm³/mol. The molecule has 1 aliphatic rings. The van der Waals surface area contributed by atoms with Crippen molar-refractivity contribution in [2.24, 2.45) is 5.92 Å².